The summed E-state index contributed by atoms with van der Waals surface area (Å²) in [5.74, 6) is 1.51. The van der Waals surface area contributed by atoms with Gasteiger partial charge in [-0.15, -0.1) is 0 Å². The molecule has 0 saturated heterocycles. The van der Waals surface area contributed by atoms with E-state index in [9.17, 15) is 21.4 Å². The topological polar surface area (TPSA) is 211 Å². The van der Waals surface area contributed by atoms with Gasteiger partial charge in [0.25, 0.3) is 20.2 Å². The fraction of sp³-hybridized carbons (Fsp3) is 0.220. The minimum Gasteiger partial charge on any atom is -0.324 e. The number of aryl methyl sites for hydroxylation is 2. The van der Waals surface area contributed by atoms with Crippen molar-refractivity contribution >= 4 is 67.3 Å². The summed E-state index contributed by atoms with van der Waals surface area (Å²) in [5, 5.41) is 9.29. The van der Waals surface area contributed by atoms with Gasteiger partial charge in [0.15, 0.2) is 0 Å². The molecule has 0 radical (unpaired) electrons. The van der Waals surface area contributed by atoms with E-state index in [0.717, 1.165) is 18.5 Å². The summed E-state index contributed by atoms with van der Waals surface area (Å²) in [6.07, 6.45) is 3.32. The molecule has 0 amide bonds. The molecule has 0 fully saturated rings. The van der Waals surface area contributed by atoms with Crippen molar-refractivity contribution < 1.29 is 25.6 Å². The lowest BCUT2D eigenvalue weighted by Crippen LogP contribution is -2.08. The van der Waals surface area contributed by atoms with Crippen LogP contribution in [0.3, 0.4) is 0 Å². The number of aromatic nitrogens is 6. The second-order valence-corrected chi connectivity index (χ2v) is 15.0. The van der Waals surface area contributed by atoms with Crippen LogP contribution in [-0.4, -0.2) is 58.4 Å². The van der Waals surface area contributed by atoms with Crippen LogP contribution in [0.4, 0.5) is 34.9 Å². The second kappa shape index (κ2) is 20.9. The fourth-order valence-corrected chi connectivity index (χ4v) is 6.89. The Hall–Kier alpha value is -6.14. The van der Waals surface area contributed by atoms with Crippen LogP contribution < -0.4 is 16.0 Å². The minimum absolute atomic E-state index is 0.169. The third-order valence-electron chi connectivity index (χ3n) is 7.71. The van der Waals surface area contributed by atoms with Gasteiger partial charge in [-0.25, -0.2) is 4.98 Å². The van der Waals surface area contributed by atoms with Gasteiger partial charge in [0.2, 0.25) is 17.8 Å². The van der Waals surface area contributed by atoms with Crippen molar-refractivity contribution in [1.29, 1.82) is 0 Å². The van der Waals surface area contributed by atoms with Crippen LogP contribution in [0.25, 0.3) is 12.2 Å². The SMILES string of the molecule is CC.CC.COS(=O)(=O)c1cc(Nc2nc(C)nc(Nc3ccccc3)n2)ccc1/C=C/c1ccc(Cc2nc(C)nc(Nc3ccccc3)n2)cc1CS(=O)(=O)O. The normalized spacial score (nSPS) is 11.2. The largest absolute Gasteiger partial charge is 0.324 e. The number of anilines is 6. The minimum atomic E-state index is -4.45. The molecule has 0 unspecified atom stereocenters. The van der Waals surface area contributed by atoms with Crippen LogP contribution in [0.5, 0.6) is 0 Å². The van der Waals surface area contributed by atoms with Crippen LogP contribution in [0.1, 0.15) is 67.4 Å². The Labute approximate surface area is 340 Å². The van der Waals surface area contributed by atoms with E-state index in [1.165, 1.54) is 12.1 Å². The van der Waals surface area contributed by atoms with Gasteiger partial charge in [0.1, 0.15) is 28.1 Å². The van der Waals surface area contributed by atoms with E-state index in [4.69, 9.17) is 4.18 Å². The highest BCUT2D eigenvalue weighted by atomic mass is 32.2. The molecule has 0 spiro atoms. The molecule has 4 N–H and O–H groups in total. The standard InChI is InChI=1S/C37H35N9O6S2.2C2H6/c1-24-38-34(45-35(39-24)42-30-10-6-4-7-11-30)21-26-14-15-27(29(20-26)23-53(47,48)49)16-17-28-18-19-32(22-33(28)54(50,51)52-3)44-37-41-25(2)40-36(46-37)43-31-12-8-5-9-13-31;2*1-2/h4-20,22H,21,23H2,1-3H3,(H,47,48,49)(H,38,39,42,45)(H2,40,41,43,44,46);2*1-2H3/b17-16+;;. The number of benzene rings is 4. The molecule has 6 rings (SSSR count). The molecule has 0 aliphatic carbocycles. The van der Waals surface area contributed by atoms with Gasteiger partial charge < -0.3 is 16.0 Å². The molecule has 304 valence electrons. The zero-order valence-electron chi connectivity index (χ0n) is 33.3. The van der Waals surface area contributed by atoms with Crippen molar-refractivity contribution in [2.75, 3.05) is 23.1 Å². The van der Waals surface area contributed by atoms with Crippen molar-refractivity contribution in [3.05, 3.63) is 137 Å². The van der Waals surface area contributed by atoms with Crippen molar-refractivity contribution in [3.8, 4) is 0 Å². The third kappa shape index (κ3) is 13.2. The number of para-hydroxylation sites is 2. The van der Waals surface area contributed by atoms with E-state index >= 15 is 0 Å². The molecule has 0 aliphatic heterocycles. The Kier molecular flexibility index (Phi) is 16.0. The monoisotopic (exact) mass is 825 g/mol. The maximum Gasteiger partial charge on any atom is 0.297 e. The highest BCUT2D eigenvalue weighted by Crippen LogP contribution is 2.27. The summed E-state index contributed by atoms with van der Waals surface area (Å²) >= 11 is 0. The van der Waals surface area contributed by atoms with Crippen LogP contribution >= 0.6 is 0 Å². The van der Waals surface area contributed by atoms with Gasteiger partial charge in [0.05, 0.1) is 7.11 Å². The average molecular weight is 826 g/mol. The molecular formula is C41H47N9O6S2. The molecule has 58 heavy (non-hydrogen) atoms. The molecule has 0 bridgehead atoms. The fourth-order valence-electron chi connectivity index (χ4n) is 5.37. The maximum atomic E-state index is 13.1. The first-order valence-corrected chi connectivity index (χ1v) is 21.4. The zero-order chi connectivity index (χ0) is 42.3. The van der Waals surface area contributed by atoms with Gasteiger partial charge in [-0.05, 0) is 72.5 Å². The van der Waals surface area contributed by atoms with Crippen molar-refractivity contribution in [2.24, 2.45) is 0 Å². The molecule has 6 aromatic rings. The van der Waals surface area contributed by atoms with Crippen LogP contribution in [0, 0.1) is 13.8 Å². The molecule has 15 nitrogen and oxygen atoms in total. The first-order chi connectivity index (χ1) is 27.8. The van der Waals surface area contributed by atoms with Gasteiger partial charge in [0, 0.05) is 23.5 Å². The average Bonchev–Trinajstić information content (AvgIpc) is 3.19. The van der Waals surface area contributed by atoms with Crippen LogP contribution in [0.15, 0.2) is 102 Å². The Bertz CT molecular complexity index is 2540. The summed E-state index contributed by atoms with van der Waals surface area (Å²) in [7, 11) is -7.62. The number of nitrogens with one attached hydrogen (secondary N) is 3. The van der Waals surface area contributed by atoms with Crippen molar-refractivity contribution in [2.45, 2.75) is 58.6 Å². The zero-order valence-corrected chi connectivity index (χ0v) is 34.9. The summed E-state index contributed by atoms with van der Waals surface area (Å²) in [5.41, 5.74) is 3.56. The summed E-state index contributed by atoms with van der Waals surface area (Å²) in [6.45, 7) is 11.4. The molecule has 17 heteroatoms. The molecule has 2 aromatic heterocycles. The first-order valence-electron chi connectivity index (χ1n) is 18.4. The first kappa shape index (κ1) is 44.6. The van der Waals surface area contributed by atoms with E-state index in [1.807, 2.05) is 88.4 Å². The van der Waals surface area contributed by atoms with E-state index < -0.39 is 26.0 Å². The quantitative estimate of drug-likeness (QED) is 0.0461. The van der Waals surface area contributed by atoms with E-state index in [2.05, 4.69) is 45.9 Å². The number of nitrogens with zero attached hydrogens (tertiary/aromatic N) is 6. The number of rotatable bonds is 14. The van der Waals surface area contributed by atoms with E-state index in [1.54, 1.807) is 50.3 Å². The molecule has 2 heterocycles. The van der Waals surface area contributed by atoms with E-state index in [-0.39, 0.29) is 28.4 Å². The molecule has 0 aliphatic rings. The Balaban J connectivity index is 0.00000180. The highest BCUT2D eigenvalue weighted by Gasteiger charge is 2.19. The van der Waals surface area contributed by atoms with Gasteiger partial charge in [-0.1, -0.05) is 101 Å². The van der Waals surface area contributed by atoms with Gasteiger partial charge in [-0.2, -0.15) is 41.8 Å². The smallest absolute Gasteiger partial charge is 0.297 e. The number of hydrogen-bond acceptors (Lipinski definition) is 14. The Morgan fingerprint density at radius 3 is 1.66 bits per heavy atom. The molecular weight excluding hydrogens is 779 g/mol. The van der Waals surface area contributed by atoms with Gasteiger partial charge >= 0.3 is 0 Å². The van der Waals surface area contributed by atoms with Crippen LogP contribution in [-0.2, 0) is 36.6 Å². The highest BCUT2D eigenvalue weighted by molar-refractivity contribution is 7.86. The third-order valence-corrected chi connectivity index (χ3v) is 9.72. The van der Waals surface area contributed by atoms with Crippen LogP contribution in [0.2, 0.25) is 0 Å². The lowest BCUT2D eigenvalue weighted by atomic mass is 10.0. The van der Waals surface area contributed by atoms with Crippen molar-refractivity contribution in [3.63, 3.8) is 0 Å². The summed E-state index contributed by atoms with van der Waals surface area (Å²) < 4.78 is 65.0. The van der Waals surface area contributed by atoms with Gasteiger partial charge in [-0.3, -0.25) is 8.74 Å². The predicted molar refractivity (Wildman–Crippen MR) is 229 cm³/mol. The summed E-state index contributed by atoms with van der Waals surface area (Å²) in [4.78, 5) is 26.2. The lowest BCUT2D eigenvalue weighted by molar-refractivity contribution is 0.397. The molecule has 0 atom stereocenters. The maximum absolute atomic E-state index is 13.1. The van der Waals surface area contributed by atoms with E-state index in [0.29, 0.717) is 46.2 Å². The number of hydrogen-bond donors (Lipinski definition) is 4. The second-order valence-electron chi connectivity index (χ2n) is 11.9. The lowest BCUT2D eigenvalue weighted by Gasteiger charge is -2.12. The molecule has 0 saturated carbocycles. The Morgan fingerprint density at radius 2 is 1.10 bits per heavy atom. The van der Waals surface area contributed by atoms with Crippen molar-refractivity contribution in [1.82, 2.24) is 29.9 Å². The summed E-state index contributed by atoms with van der Waals surface area (Å²) in [6, 6.07) is 28.4. The Morgan fingerprint density at radius 1 is 0.603 bits per heavy atom. The molecule has 4 aromatic carbocycles. The predicted octanol–water partition coefficient (Wildman–Crippen LogP) is 8.44.